The maximum Gasteiger partial charge on any atom is 0.240 e. The quantitative estimate of drug-likeness (QED) is 0.601. The van der Waals surface area contributed by atoms with Gasteiger partial charge >= 0.3 is 0 Å². The van der Waals surface area contributed by atoms with Gasteiger partial charge in [-0.1, -0.05) is 30.3 Å². The average molecular weight is 387 g/mol. The third kappa shape index (κ3) is 4.50. The number of ether oxygens (including phenoxy) is 3. The number of nitrogens with one attached hydrogen (secondary N) is 1. The Balaban J connectivity index is 1.60. The number of rotatable bonds is 8. The van der Waals surface area contributed by atoms with Crippen molar-refractivity contribution in [2.24, 2.45) is 0 Å². The van der Waals surface area contributed by atoms with E-state index in [-0.39, 0.29) is 18.0 Å². The fraction of sp³-hybridized carbons (Fsp3) is 0.200. The van der Waals surface area contributed by atoms with Gasteiger partial charge in [0.1, 0.15) is 12.4 Å². The molecule has 0 aromatic heterocycles. The van der Waals surface area contributed by atoms with Crippen molar-refractivity contribution >= 4 is 20.8 Å². The van der Waals surface area contributed by atoms with Crippen LogP contribution >= 0.6 is 0 Å². The highest BCUT2D eigenvalue weighted by Crippen LogP contribution is 2.29. The highest BCUT2D eigenvalue weighted by atomic mass is 32.2. The van der Waals surface area contributed by atoms with Gasteiger partial charge in [0.25, 0.3) is 0 Å². The summed E-state index contributed by atoms with van der Waals surface area (Å²) in [5.41, 5.74) is 0. The van der Waals surface area contributed by atoms with Crippen molar-refractivity contribution in [3.8, 4) is 17.2 Å². The zero-order chi connectivity index (χ0) is 19.3. The molecule has 142 valence electrons. The van der Waals surface area contributed by atoms with Crippen LogP contribution in [0, 0.1) is 0 Å². The first-order valence-corrected chi connectivity index (χ1v) is 9.85. The summed E-state index contributed by atoms with van der Waals surface area (Å²) in [5, 5.41) is 2.19. The van der Waals surface area contributed by atoms with Gasteiger partial charge in [0.2, 0.25) is 10.0 Å². The van der Waals surface area contributed by atoms with Gasteiger partial charge in [-0.25, -0.2) is 13.1 Å². The lowest BCUT2D eigenvalue weighted by Crippen LogP contribution is -2.28. The topological polar surface area (TPSA) is 73.9 Å². The number of hydrogen-bond donors (Lipinski definition) is 1. The predicted molar refractivity (Wildman–Crippen MR) is 104 cm³/mol. The molecule has 0 radical (unpaired) electrons. The molecular formula is C20H21NO5S. The van der Waals surface area contributed by atoms with Crippen molar-refractivity contribution in [1.82, 2.24) is 4.72 Å². The molecule has 3 aromatic carbocycles. The lowest BCUT2D eigenvalue weighted by molar-refractivity contribution is 0.323. The summed E-state index contributed by atoms with van der Waals surface area (Å²) >= 11 is 0. The van der Waals surface area contributed by atoms with E-state index in [0.717, 1.165) is 10.8 Å². The maximum atomic E-state index is 12.4. The third-order valence-electron chi connectivity index (χ3n) is 4.05. The van der Waals surface area contributed by atoms with Crippen LogP contribution in [0.15, 0.2) is 65.6 Å². The van der Waals surface area contributed by atoms with Crippen LogP contribution in [0.2, 0.25) is 0 Å². The number of hydrogen-bond acceptors (Lipinski definition) is 5. The SMILES string of the molecule is COc1ccc(S(=O)(=O)NCCOc2ccc3ccccc3c2)cc1OC. The summed E-state index contributed by atoms with van der Waals surface area (Å²) in [6.45, 7) is 0.356. The van der Waals surface area contributed by atoms with E-state index in [0.29, 0.717) is 17.2 Å². The van der Waals surface area contributed by atoms with E-state index in [4.69, 9.17) is 14.2 Å². The van der Waals surface area contributed by atoms with Crippen molar-refractivity contribution < 1.29 is 22.6 Å². The van der Waals surface area contributed by atoms with Crippen molar-refractivity contribution in [3.63, 3.8) is 0 Å². The number of fused-ring (bicyclic) bond motifs is 1. The van der Waals surface area contributed by atoms with Crippen LogP contribution in [0.1, 0.15) is 0 Å². The van der Waals surface area contributed by atoms with E-state index in [1.807, 2.05) is 42.5 Å². The van der Waals surface area contributed by atoms with Crippen molar-refractivity contribution in [2.45, 2.75) is 4.90 Å². The van der Waals surface area contributed by atoms with Crippen LogP contribution in [0.5, 0.6) is 17.2 Å². The number of sulfonamides is 1. The van der Waals surface area contributed by atoms with Crippen LogP contribution in [-0.4, -0.2) is 35.8 Å². The molecule has 7 heteroatoms. The first kappa shape index (κ1) is 19.0. The van der Waals surface area contributed by atoms with Gasteiger partial charge in [0.05, 0.1) is 19.1 Å². The molecule has 0 heterocycles. The van der Waals surface area contributed by atoms with E-state index in [9.17, 15) is 8.42 Å². The normalized spacial score (nSPS) is 11.3. The van der Waals surface area contributed by atoms with Crippen molar-refractivity contribution in [1.29, 1.82) is 0 Å². The van der Waals surface area contributed by atoms with Crippen molar-refractivity contribution in [2.75, 3.05) is 27.4 Å². The van der Waals surface area contributed by atoms with E-state index in [1.165, 1.54) is 26.4 Å². The fourth-order valence-corrected chi connectivity index (χ4v) is 3.70. The van der Waals surface area contributed by atoms with Gasteiger partial charge in [-0.15, -0.1) is 0 Å². The fourth-order valence-electron chi connectivity index (χ4n) is 2.67. The molecule has 0 saturated heterocycles. The Labute approximate surface area is 158 Å². The third-order valence-corrected chi connectivity index (χ3v) is 5.51. The second-order valence-electron chi connectivity index (χ2n) is 5.77. The Bertz CT molecular complexity index is 1030. The summed E-state index contributed by atoms with van der Waals surface area (Å²) in [5.74, 6) is 1.52. The van der Waals surface area contributed by atoms with Crippen LogP contribution < -0.4 is 18.9 Å². The molecule has 0 fully saturated rings. The summed E-state index contributed by atoms with van der Waals surface area (Å²) in [4.78, 5) is 0.103. The Morgan fingerprint density at radius 2 is 1.59 bits per heavy atom. The zero-order valence-electron chi connectivity index (χ0n) is 15.1. The highest BCUT2D eigenvalue weighted by molar-refractivity contribution is 7.89. The molecule has 0 aliphatic heterocycles. The Morgan fingerprint density at radius 1 is 0.852 bits per heavy atom. The molecule has 6 nitrogen and oxygen atoms in total. The first-order chi connectivity index (χ1) is 13.0. The molecule has 0 amide bonds. The molecule has 1 N–H and O–H groups in total. The van der Waals surface area contributed by atoms with Crippen LogP contribution in [-0.2, 0) is 10.0 Å². The predicted octanol–water partition coefficient (Wildman–Crippen LogP) is 3.21. The van der Waals surface area contributed by atoms with Gasteiger partial charge in [0.15, 0.2) is 11.5 Å². The van der Waals surface area contributed by atoms with Crippen LogP contribution in [0.25, 0.3) is 10.8 Å². The van der Waals surface area contributed by atoms with E-state index >= 15 is 0 Å². The highest BCUT2D eigenvalue weighted by Gasteiger charge is 2.16. The molecule has 3 rings (SSSR count). The zero-order valence-corrected chi connectivity index (χ0v) is 16.0. The van der Waals surface area contributed by atoms with E-state index in [1.54, 1.807) is 6.07 Å². The largest absolute Gasteiger partial charge is 0.493 e. The second-order valence-corrected chi connectivity index (χ2v) is 7.54. The molecule has 0 saturated carbocycles. The van der Waals surface area contributed by atoms with Crippen molar-refractivity contribution in [3.05, 3.63) is 60.7 Å². The molecular weight excluding hydrogens is 366 g/mol. The summed E-state index contributed by atoms with van der Waals surface area (Å²) in [6, 6.07) is 18.2. The van der Waals surface area contributed by atoms with E-state index < -0.39 is 10.0 Å². The molecule has 0 aliphatic carbocycles. The molecule has 27 heavy (non-hydrogen) atoms. The maximum absolute atomic E-state index is 12.4. The second kappa shape index (κ2) is 8.28. The minimum Gasteiger partial charge on any atom is -0.493 e. The molecule has 0 bridgehead atoms. The Kier molecular flexibility index (Phi) is 5.83. The van der Waals surface area contributed by atoms with Gasteiger partial charge in [-0.3, -0.25) is 0 Å². The molecule has 0 spiro atoms. The first-order valence-electron chi connectivity index (χ1n) is 8.37. The number of methoxy groups -OCH3 is 2. The smallest absolute Gasteiger partial charge is 0.240 e. The lowest BCUT2D eigenvalue weighted by atomic mass is 10.1. The average Bonchev–Trinajstić information content (AvgIpc) is 2.70. The monoisotopic (exact) mass is 387 g/mol. The summed E-state index contributed by atoms with van der Waals surface area (Å²) < 4.78 is 43.3. The van der Waals surface area contributed by atoms with Gasteiger partial charge in [-0.05, 0) is 35.0 Å². The van der Waals surface area contributed by atoms with Gasteiger partial charge in [-0.2, -0.15) is 0 Å². The summed E-state index contributed by atoms with van der Waals surface area (Å²) in [6.07, 6.45) is 0. The standard InChI is InChI=1S/C20H21NO5S/c1-24-19-10-9-18(14-20(19)25-2)27(22,23)21-11-12-26-17-8-7-15-5-3-4-6-16(15)13-17/h3-10,13-14,21H,11-12H2,1-2H3. The molecule has 3 aromatic rings. The minimum atomic E-state index is -3.67. The van der Waals surface area contributed by atoms with Gasteiger partial charge < -0.3 is 14.2 Å². The lowest BCUT2D eigenvalue weighted by Gasteiger charge is -2.11. The Morgan fingerprint density at radius 3 is 2.33 bits per heavy atom. The van der Waals surface area contributed by atoms with E-state index in [2.05, 4.69) is 4.72 Å². The summed E-state index contributed by atoms with van der Waals surface area (Å²) in [7, 11) is -0.721. The van der Waals surface area contributed by atoms with Gasteiger partial charge in [0, 0.05) is 12.6 Å². The molecule has 0 unspecified atom stereocenters. The Hall–Kier alpha value is -2.77. The number of benzene rings is 3. The minimum absolute atomic E-state index is 0.103. The van der Waals surface area contributed by atoms with Crippen LogP contribution in [0.3, 0.4) is 0 Å². The molecule has 0 atom stereocenters. The molecule has 0 aliphatic rings. The van der Waals surface area contributed by atoms with Crippen LogP contribution in [0.4, 0.5) is 0 Å².